The molecule has 2 N–H and O–H groups in total. The van der Waals surface area contributed by atoms with Gasteiger partial charge in [-0.05, 0) is 49.7 Å². The van der Waals surface area contributed by atoms with E-state index in [4.69, 9.17) is 11.6 Å². The number of anilines is 1. The van der Waals surface area contributed by atoms with E-state index in [1.54, 1.807) is 42.2 Å². The third-order valence-corrected chi connectivity index (χ3v) is 4.20. The summed E-state index contributed by atoms with van der Waals surface area (Å²) in [5.41, 5.74) is 0.933. The SMILES string of the molecule is Cc1ccc(C(=O)N[C@H]2CCN(c3ccc(Cl)cc3)C2=O)c(=O)[nH]1. The first-order valence-corrected chi connectivity index (χ1v) is 7.91. The van der Waals surface area contributed by atoms with E-state index < -0.39 is 17.5 Å². The summed E-state index contributed by atoms with van der Waals surface area (Å²) in [6.07, 6.45) is 0.483. The van der Waals surface area contributed by atoms with Crippen molar-refractivity contribution in [3.05, 3.63) is 63.0 Å². The first-order valence-electron chi connectivity index (χ1n) is 7.53. The predicted octanol–water partition coefficient (Wildman–Crippen LogP) is 1.87. The molecule has 1 aromatic heterocycles. The lowest BCUT2D eigenvalue weighted by Crippen LogP contribution is -2.43. The number of carbonyl (C=O) groups excluding carboxylic acids is 2. The van der Waals surface area contributed by atoms with Crippen molar-refractivity contribution in [2.75, 3.05) is 11.4 Å². The molecule has 7 heteroatoms. The van der Waals surface area contributed by atoms with Crippen molar-refractivity contribution < 1.29 is 9.59 Å². The highest BCUT2D eigenvalue weighted by atomic mass is 35.5. The van der Waals surface area contributed by atoms with Crippen LogP contribution >= 0.6 is 11.6 Å². The highest BCUT2D eigenvalue weighted by molar-refractivity contribution is 6.30. The number of pyridine rings is 1. The normalized spacial score (nSPS) is 17.2. The number of hydrogen-bond donors (Lipinski definition) is 2. The van der Waals surface area contributed by atoms with Crippen molar-refractivity contribution in [2.45, 2.75) is 19.4 Å². The molecule has 6 nitrogen and oxygen atoms in total. The summed E-state index contributed by atoms with van der Waals surface area (Å²) in [6, 6.07) is 9.40. The second kappa shape index (κ2) is 6.49. The van der Waals surface area contributed by atoms with Crippen LogP contribution in [0.25, 0.3) is 0 Å². The summed E-state index contributed by atoms with van der Waals surface area (Å²) in [5, 5.41) is 3.23. The second-order valence-electron chi connectivity index (χ2n) is 5.67. The first kappa shape index (κ1) is 16.3. The van der Waals surface area contributed by atoms with Crippen LogP contribution in [0.5, 0.6) is 0 Å². The van der Waals surface area contributed by atoms with Gasteiger partial charge in [-0.3, -0.25) is 14.4 Å². The number of nitrogens with zero attached hydrogens (tertiary/aromatic N) is 1. The molecule has 2 heterocycles. The lowest BCUT2D eigenvalue weighted by atomic mass is 10.2. The molecule has 3 rings (SSSR count). The summed E-state index contributed by atoms with van der Waals surface area (Å²) < 4.78 is 0. The lowest BCUT2D eigenvalue weighted by Gasteiger charge is -2.17. The van der Waals surface area contributed by atoms with Crippen LogP contribution in [0.15, 0.2) is 41.2 Å². The minimum absolute atomic E-state index is 0.00153. The van der Waals surface area contributed by atoms with E-state index in [2.05, 4.69) is 10.3 Å². The molecular formula is C17H16ClN3O3. The van der Waals surface area contributed by atoms with Gasteiger partial charge in [-0.15, -0.1) is 0 Å². The third-order valence-electron chi connectivity index (χ3n) is 3.95. The van der Waals surface area contributed by atoms with Crippen molar-refractivity contribution in [1.29, 1.82) is 0 Å². The van der Waals surface area contributed by atoms with E-state index in [0.29, 0.717) is 23.7 Å². The van der Waals surface area contributed by atoms with Crippen LogP contribution in [0.3, 0.4) is 0 Å². The number of aryl methyl sites for hydroxylation is 1. The van der Waals surface area contributed by atoms with Crippen LogP contribution in [0.1, 0.15) is 22.5 Å². The van der Waals surface area contributed by atoms with Crippen molar-refractivity contribution in [3.8, 4) is 0 Å². The molecule has 1 aliphatic rings. The fourth-order valence-electron chi connectivity index (χ4n) is 2.68. The maximum atomic E-state index is 12.5. The van der Waals surface area contributed by atoms with Gasteiger partial charge in [-0.2, -0.15) is 0 Å². The standard InChI is InChI=1S/C17H16ClN3O3/c1-10-2-7-13(15(22)19-10)16(23)20-14-8-9-21(17(14)24)12-5-3-11(18)4-6-12/h2-7,14H,8-9H2,1H3,(H,19,22)(H,20,23)/t14-/m0/s1. The molecule has 1 atom stereocenters. The van der Waals surface area contributed by atoms with E-state index >= 15 is 0 Å². The average Bonchev–Trinajstić information content (AvgIpc) is 2.89. The van der Waals surface area contributed by atoms with E-state index in [0.717, 1.165) is 5.69 Å². The largest absolute Gasteiger partial charge is 0.340 e. The number of rotatable bonds is 3. The molecule has 0 radical (unpaired) electrons. The molecule has 124 valence electrons. The molecule has 1 fully saturated rings. The van der Waals surface area contributed by atoms with Gasteiger partial charge in [0.2, 0.25) is 5.91 Å². The van der Waals surface area contributed by atoms with Gasteiger partial charge in [0.15, 0.2) is 0 Å². The number of benzene rings is 1. The summed E-state index contributed by atoms with van der Waals surface area (Å²) in [6.45, 7) is 2.23. The van der Waals surface area contributed by atoms with Crippen molar-refractivity contribution >= 4 is 29.1 Å². The molecule has 0 spiro atoms. The number of hydrogen-bond acceptors (Lipinski definition) is 3. The Morgan fingerprint density at radius 3 is 2.58 bits per heavy atom. The van der Waals surface area contributed by atoms with Gasteiger partial charge in [0.1, 0.15) is 11.6 Å². The number of halogens is 1. The third kappa shape index (κ3) is 3.19. The number of aromatic amines is 1. The fourth-order valence-corrected chi connectivity index (χ4v) is 2.80. The molecule has 24 heavy (non-hydrogen) atoms. The van der Waals surface area contributed by atoms with Gasteiger partial charge in [-0.1, -0.05) is 11.6 Å². The fraction of sp³-hybridized carbons (Fsp3) is 0.235. The van der Waals surface area contributed by atoms with Crippen molar-refractivity contribution in [3.63, 3.8) is 0 Å². The molecule has 0 saturated carbocycles. The number of H-pyrrole nitrogens is 1. The topological polar surface area (TPSA) is 82.3 Å². The van der Waals surface area contributed by atoms with Gasteiger partial charge in [0.25, 0.3) is 11.5 Å². The van der Waals surface area contributed by atoms with E-state index in [9.17, 15) is 14.4 Å². The minimum Gasteiger partial charge on any atom is -0.340 e. The Morgan fingerprint density at radius 1 is 1.21 bits per heavy atom. The number of carbonyl (C=O) groups is 2. The Labute approximate surface area is 143 Å². The maximum absolute atomic E-state index is 12.5. The van der Waals surface area contributed by atoms with Crippen LogP contribution in [0, 0.1) is 6.92 Å². The van der Waals surface area contributed by atoms with Gasteiger partial charge in [0, 0.05) is 22.9 Å². The second-order valence-corrected chi connectivity index (χ2v) is 6.10. The van der Waals surface area contributed by atoms with Crippen LogP contribution in [-0.2, 0) is 4.79 Å². The molecule has 2 aromatic rings. The average molecular weight is 346 g/mol. The van der Waals surface area contributed by atoms with Gasteiger partial charge in [0.05, 0.1) is 0 Å². The molecule has 1 aromatic carbocycles. The molecule has 1 aliphatic heterocycles. The lowest BCUT2D eigenvalue weighted by molar-refractivity contribution is -0.118. The van der Waals surface area contributed by atoms with Crippen molar-refractivity contribution in [2.24, 2.45) is 0 Å². The zero-order chi connectivity index (χ0) is 17.3. The van der Waals surface area contributed by atoms with Gasteiger partial charge >= 0.3 is 0 Å². The molecule has 0 unspecified atom stereocenters. The Kier molecular flexibility index (Phi) is 4.40. The Morgan fingerprint density at radius 2 is 1.92 bits per heavy atom. The number of nitrogens with one attached hydrogen (secondary N) is 2. The summed E-state index contributed by atoms with van der Waals surface area (Å²) in [4.78, 5) is 40.7. The quantitative estimate of drug-likeness (QED) is 0.891. The van der Waals surface area contributed by atoms with Crippen LogP contribution < -0.4 is 15.8 Å². The molecule has 1 saturated heterocycles. The van der Waals surface area contributed by atoms with Crippen LogP contribution in [0.2, 0.25) is 5.02 Å². The Hall–Kier alpha value is -2.60. The van der Waals surface area contributed by atoms with Gasteiger partial charge in [-0.25, -0.2) is 0 Å². The molecule has 0 aliphatic carbocycles. The summed E-state index contributed by atoms with van der Waals surface area (Å²) >= 11 is 5.85. The highest BCUT2D eigenvalue weighted by Gasteiger charge is 2.34. The highest BCUT2D eigenvalue weighted by Crippen LogP contribution is 2.23. The number of amides is 2. The molecule has 2 amide bonds. The summed E-state index contributed by atoms with van der Waals surface area (Å²) in [7, 11) is 0. The van der Waals surface area contributed by atoms with E-state index in [-0.39, 0.29) is 11.5 Å². The Bertz CT molecular complexity index is 845. The number of aromatic nitrogens is 1. The van der Waals surface area contributed by atoms with Gasteiger partial charge < -0.3 is 15.2 Å². The zero-order valence-corrected chi connectivity index (χ0v) is 13.8. The monoisotopic (exact) mass is 345 g/mol. The van der Waals surface area contributed by atoms with E-state index in [1.807, 2.05) is 0 Å². The summed E-state index contributed by atoms with van der Waals surface area (Å²) in [5.74, 6) is -0.748. The van der Waals surface area contributed by atoms with Crippen LogP contribution in [-0.4, -0.2) is 29.4 Å². The molecule has 0 bridgehead atoms. The zero-order valence-electron chi connectivity index (χ0n) is 13.0. The van der Waals surface area contributed by atoms with Crippen LogP contribution in [0.4, 0.5) is 5.69 Å². The van der Waals surface area contributed by atoms with Crippen molar-refractivity contribution in [1.82, 2.24) is 10.3 Å². The minimum atomic E-state index is -0.645. The Balaban J connectivity index is 1.72. The maximum Gasteiger partial charge on any atom is 0.260 e. The predicted molar refractivity (Wildman–Crippen MR) is 91.5 cm³/mol. The van der Waals surface area contributed by atoms with E-state index in [1.165, 1.54) is 6.07 Å². The molecular weight excluding hydrogens is 330 g/mol. The first-order chi connectivity index (χ1) is 11.5. The smallest absolute Gasteiger partial charge is 0.260 e.